The SMILES string of the molecule is Cc1ncc2c(n1)CCC(NC(=O)NCc1cccc(Cl)c1O)C2. The smallest absolute Gasteiger partial charge is 0.315 e. The van der Waals surface area contributed by atoms with Gasteiger partial charge in [0.1, 0.15) is 11.6 Å². The van der Waals surface area contributed by atoms with Crippen molar-refractivity contribution < 1.29 is 9.90 Å². The minimum atomic E-state index is -0.268. The molecule has 0 bridgehead atoms. The van der Waals surface area contributed by atoms with Crippen molar-refractivity contribution in [1.29, 1.82) is 0 Å². The fourth-order valence-electron chi connectivity index (χ4n) is 2.85. The molecule has 1 heterocycles. The van der Waals surface area contributed by atoms with Gasteiger partial charge in [0.2, 0.25) is 0 Å². The number of aromatic hydroxyl groups is 1. The third-order valence-corrected chi connectivity index (χ3v) is 4.42. The van der Waals surface area contributed by atoms with E-state index in [1.807, 2.05) is 13.1 Å². The number of phenolic OH excluding ortho intramolecular Hbond substituents is 1. The number of para-hydroxylation sites is 1. The minimum absolute atomic E-state index is 0.00132. The molecule has 0 spiro atoms. The number of nitrogens with one attached hydrogen (secondary N) is 2. The van der Waals surface area contributed by atoms with Gasteiger partial charge in [-0.05, 0) is 37.8 Å². The number of amides is 2. The first-order valence-corrected chi connectivity index (χ1v) is 8.23. The van der Waals surface area contributed by atoms with Crippen molar-refractivity contribution in [3.8, 4) is 5.75 Å². The summed E-state index contributed by atoms with van der Waals surface area (Å²) < 4.78 is 0. The Morgan fingerprint density at radius 2 is 2.29 bits per heavy atom. The van der Waals surface area contributed by atoms with E-state index in [1.54, 1.807) is 18.2 Å². The van der Waals surface area contributed by atoms with E-state index in [0.29, 0.717) is 5.56 Å². The lowest BCUT2D eigenvalue weighted by molar-refractivity contribution is 0.235. The standard InChI is InChI=1S/C17H19ClN4O2/c1-10-19-9-12-7-13(5-6-15(12)21-10)22-17(24)20-8-11-3-2-4-14(18)16(11)23/h2-4,9,13,23H,5-8H2,1H3,(H2,20,22,24). The van der Waals surface area contributed by atoms with Crippen molar-refractivity contribution in [3.05, 3.63) is 52.1 Å². The number of rotatable bonds is 3. The Kier molecular flexibility index (Phi) is 4.85. The topological polar surface area (TPSA) is 87.1 Å². The number of nitrogens with zero attached hydrogens (tertiary/aromatic N) is 2. The fourth-order valence-corrected chi connectivity index (χ4v) is 3.04. The lowest BCUT2D eigenvalue weighted by atomic mass is 9.93. The molecule has 0 saturated carbocycles. The van der Waals surface area contributed by atoms with Crippen LogP contribution in [0.15, 0.2) is 24.4 Å². The molecular formula is C17H19ClN4O2. The summed E-state index contributed by atoms with van der Waals surface area (Å²) in [5.74, 6) is 0.776. The molecular weight excluding hydrogens is 328 g/mol. The second kappa shape index (κ2) is 7.05. The number of carbonyl (C=O) groups is 1. The molecule has 1 aliphatic carbocycles. The molecule has 126 valence electrons. The predicted molar refractivity (Wildman–Crippen MR) is 91.1 cm³/mol. The van der Waals surface area contributed by atoms with Gasteiger partial charge in [-0.15, -0.1) is 0 Å². The van der Waals surface area contributed by atoms with E-state index in [4.69, 9.17) is 11.6 Å². The van der Waals surface area contributed by atoms with Crippen LogP contribution in [-0.2, 0) is 19.4 Å². The highest BCUT2D eigenvalue weighted by Gasteiger charge is 2.21. The first kappa shape index (κ1) is 16.5. The molecule has 1 aromatic heterocycles. The summed E-state index contributed by atoms with van der Waals surface area (Å²) in [7, 11) is 0. The summed E-state index contributed by atoms with van der Waals surface area (Å²) in [6.45, 7) is 2.09. The lowest BCUT2D eigenvalue weighted by Gasteiger charge is -2.24. The van der Waals surface area contributed by atoms with Crippen LogP contribution in [-0.4, -0.2) is 27.1 Å². The number of aryl methyl sites for hydroxylation is 2. The number of aromatic nitrogens is 2. The van der Waals surface area contributed by atoms with Crippen LogP contribution in [0.1, 0.15) is 29.1 Å². The van der Waals surface area contributed by atoms with Crippen LogP contribution in [0.25, 0.3) is 0 Å². The molecule has 0 fully saturated rings. The molecule has 2 aromatic rings. The number of urea groups is 1. The van der Waals surface area contributed by atoms with Crippen molar-refractivity contribution >= 4 is 17.6 Å². The van der Waals surface area contributed by atoms with Crippen molar-refractivity contribution in [3.63, 3.8) is 0 Å². The van der Waals surface area contributed by atoms with Gasteiger partial charge < -0.3 is 15.7 Å². The van der Waals surface area contributed by atoms with Crippen LogP contribution in [0.3, 0.4) is 0 Å². The van der Waals surface area contributed by atoms with E-state index in [1.165, 1.54) is 0 Å². The molecule has 2 amide bonds. The lowest BCUT2D eigenvalue weighted by Crippen LogP contribution is -2.44. The number of hydrogen-bond acceptors (Lipinski definition) is 4. The quantitative estimate of drug-likeness (QED) is 0.797. The average Bonchev–Trinajstić information content (AvgIpc) is 2.56. The predicted octanol–water partition coefficient (Wildman–Crippen LogP) is 2.50. The number of phenols is 1. The van der Waals surface area contributed by atoms with E-state index in [0.717, 1.165) is 36.3 Å². The number of halogens is 1. The summed E-state index contributed by atoms with van der Waals surface area (Å²) in [6, 6.07) is 4.84. The van der Waals surface area contributed by atoms with Crippen LogP contribution in [0.5, 0.6) is 5.75 Å². The number of hydrogen-bond donors (Lipinski definition) is 3. The molecule has 24 heavy (non-hydrogen) atoms. The summed E-state index contributed by atoms with van der Waals surface area (Å²) in [4.78, 5) is 20.7. The molecule has 1 aromatic carbocycles. The van der Waals surface area contributed by atoms with Gasteiger partial charge in [0, 0.05) is 30.0 Å². The molecule has 7 heteroatoms. The van der Waals surface area contributed by atoms with Crippen LogP contribution in [0, 0.1) is 6.92 Å². The Hall–Kier alpha value is -2.34. The first-order chi connectivity index (χ1) is 11.5. The maximum Gasteiger partial charge on any atom is 0.315 e. The van der Waals surface area contributed by atoms with E-state index in [9.17, 15) is 9.90 Å². The molecule has 1 atom stereocenters. The molecule has 6 nitrogen and oxygen atoms in total. The molecule has 1 aliphatic rings. The van der Waals surface area contributed by atoms with Gasteiger partial charge in [-0.3, -0.25) is 0 Å². The average molecular weight is 347 g/mol. The first-order valence-electron chi connectivity index (χ1n) is 7.85. The molecule has 1 unspecified atom stereocenters. The zero-order valence-corrected chi connectivity index (χ0v) is 14.1. The van der Waals surface area contributed by atoms with Crippen LogP contribution < -0.4 is 10.6 Å². The molecule has 0 aliphatic heterocycles. The van der Waals surface area contributed by atoms with E-state index in [-0.39, 0.29) is 29.4 Å². The van der Waals surface area contributed by atoms with Gasteiger partial charge in [0.25, 0.3) is 0 Å². The highest BCUT2D eigenvalue weighted by Crippen LogP contribution is 2.26. The van der Waals surface area contributed by atoms with E-state index in [2.05, 4.69) is 20.6 Å². The van der Waals surface area contributed by atoms with Crippen LogP contribution in [0.4, 0.5) is 4.79 Å². The molecule has 3 rings (SSSR count). The number of carbonyl (C=O) groups excluding carboxylic acids is 1. The van der Waals surface area contributed by atoms with E-state index < -0.39 is 0 Å². The Morgan fingerprint density at radius 1 is 1.46 bits per heavy atom. The van der Waals surface area contributed by atoms with Gasteiger partial charge in [-0.2, -0.15) is 0 Å². The van der Waals surface area contributed by atoms with Gasteiger partial charge in [0.05, 0.1) is 5.02 Å². The van der Waals surface area contributed by atoms with Gasteiger partial charge in [0.15, 0.2) is 0 Å². The van der Waals surface area contributed by atoms with Crippen LogP contribution in [0.2, 0.25) is 5.02 Å². The highest BCUT2D eigenvalue weighted by atomic mass is 35.5. The normalized spacial score (nSPS) is 16.3. The van der Waals surface area contributed by atoms with Gasteiger partial charge in [-0.1, -0.05) is 23.7 Å². The third kappa shape index (κ3) is 3.76. The summed E-state index contributed by atoms with van der Waals surface area (Å²) in [5, 5.41) is 15.8. The Labute approximate surface area is 145 Å². The van der Waals surface area contributed by atoms with Crippen molar-refractivity contribution in [2.75, 3.05) is 0 Å². The summed E-state index contributed by atoms with van der Waals surface area (Å²) >= 11 is 5.85. The monoisotopic (exact) mass is 346 g/mol. The van der Waals surface area contributed by atoms with Gasteiger partial charge in [-0.25, -0.2) is 14.8 Å². The Balaban J connectivity index is 1.54. The zero-order chi connectivity index (χ0) is 17.1. The van der Waals surface area contributed by atoms with Crippen LogP contribution >= 0.6 is 11.6 Å². The van der Waals surface area contributed by atoms with Crippen molar-refractivity contribution in [1.82, 2.24) is 20.6 Å². The maximum atomic E-state index is 12.1. The number of fused-ring (bicyclic) bond motifs is 1. The fraction of sp³-hybridized carbons (Fsp3) is 0.353. The summed E-state index contributed by atoms with van der Waals surface area (Å²) in [6.07, 6.45) is 4.25. The highest BCUT2D eigenvalue weighted by molar-refractivity contribution is 6.32. The Morgan fingerprint density at radius 3 is 3.12 bits per heavy atom. The van der Waals surface area contributed by atoms with Crippen molar-refractivity contribution in [2.24, 2.45) is 0 Å². The minimum Gasteiger partial charge on any atom is -0.506 e. The third-order valence-electron chi connectivity index (χ3n) is 4.12. The zero-order valence-electron chi connectivity index (χ0n) is 13.3. The molecule has 0 saturated heterocycles. The second-order valence-electron chi connectivity index (χ2n) is 5.90. The molecule has 3 N–H and O–H groups in total. The Bertz CT molecular complexity index is 766. The maximum absolute atomic E-state index is 12.1. The second-order valence-corrected chi connectivity index (χ2v) is 6.31. The largest absolute Gasteiger partial charge is 0.506 e. The summed E-state index contributed by atoms with van der Waals surface area (Å²) in [5.41, 5.74) is 2.74. The van der Waals surface area contributed by atoms with Crippen molar-refractivity contribution in [2.45, 2.75) is 38.8 Å². The molecule has 0 radical (unpaired) electrons. The number of benzene rings is 1. The van der Waals surface area contributed by atoms with E-state index >= 15 is 0 Å². The van der Waals surface area contributed by atoms with Gasteiger partial charge >= 0.3 is 6.03 Å².